The molecule has 40 heteroatoms. The minimum Gasteiger partial charge on any atom is -0.481 e. The Morgan fingerprint density at radius 2 is 1.16 bits per heavy atom. The van der Waals surface area contributed by atoms with E-state index in [-0.39, 0.29) is 51.2 Å². The van der Waals surface area contributed by atoms with Crippen molar-refractivity contribution < 1.29 is 102 Å². The number of carboxylic acids is 2. The van der Waals surface area contributed by atoms with Crippen LogP contribution in [0, 0.1) is 5.92 Å². The molecule has 27 N–H and O–H groups in total. The van der Waals surface area contributed by atoms with Gasteiger partial charge in [-0.2, -0.15) is 0 Å². The van der Waals surface area contributed by atoms with Crippen LogP contribution in [0.1, 0.15) is 97.5 Å². The first-order valence-electron chi connectivity index (χ1n) is 31.5. The lowest BCUT2D eigenvalue weighted by Gasteiger charge is -2.31. The van der Waals surface area contributed by atoms with Gasteiger partial charge in [0.05, 0.1) is 38.8 Å². The molecule has 13 atom stereocenters. The molecular weight excluding hydrogens is 1310 g/mol. The number of amides is 14. The number of aliphatic hydroxyl groups excluding tert-OH is 3. The molecule has 1 saturated heterocycles. The van der Waals surface area contributed by atoms with E-state index in [1.54, 1.807) is 44.3 Å². The highest BCUT2D eigenvalue weighted by atomic mass is 16.4. The predicted octanol–water partition coefficient (Wildman–Crippen LogP) is -9.80. The van der Waals surface area contributed by atoms with Crippen molar-refractivity contribution in [3.05, 3.63) is 36.0 Å². The molecule has 0 bridgehead atoms. The minimum absolute atomic E-state index is 0.0260. The number of H-pyrrole nitrogens is 1. The smallest absolute Gasteiger partial charge is 0.326 e. The van der Waals surface area contributed by atoms with Crippen LogP contribution in [0.5, 0.6) is 0 Å². The second-order valence-electron chi connectivity index (χ2n) is 23.3. The predicted molar refractivity (Wildman–Crippen MR) is 346 cm³/mol. The average molecular weight is 1400 g/mol. The average Bonchev–Trinajstić information content (AvgIpc) is 1.70. The molecule has 2 aromatic rings. The minimum atomic E-state index is -1.97. The summed E-state index contributed by atoms with van der Waals surface area (Å²) in [4.78, 5) is 219. The number of carbonyl (C=O) groups excluding carboxylic acids is 14. The maximum Gasteiger partial charge on any atom is 0.326 e. The van der Waals surface area contributed by atoms with E-state index in [4.69, 9.17) is 28.7 Å². The normalized spacial score (nSPS) is 16.2. The lowest BCUT2D eigenvalue weighted by molar-refractivity contribution is -0.144. The summed E-state index contributed by atoms with van der Waals surface area (Å²) < 4.78 is 0. The number of nitrogens with zero attached hydrogens (tertiary/aromatic N) is 2. The molecule has 1 aliphatic heterocycles. The number of likely N-dealkylation sites (tertiary alicyclic amines) is 1. The number of carboxylic acid groups (broad SMARTS) is 2. The number of hydrogen-bond acceptors (Lipinski definition) is 21. The summed E-state index contributed by atoms with van der Waals surface area (Å²) in [6.45, 7) is 1.57. The molecule has 1 aromatic heterocycles. The fourth-order valence-electron chi connectivity index (χ4n) is 10.0. The van der Waals surface area contributed by atoms with Gasteiger partial charge in [-0.05, 0) is 69.9 Å². The molecule has 0 aliphatic carbocycles. The van der Waals surface area contributed by atoms with E-state index in [1.807, 2.05) is 0 Å². The fourth-order valence-corrected chi connectivity index (χ4v) is 10.0. The summed E-state index contributed by atoms with van der Waals surface area (Å²) in [6.07, 6.45) is -3.15. The molecular formula is C59H91N19O21. The van der Waals surface area contributed by atoms with Gasteiger partial charge in [-0.1, -0.05) is 38.5 Å². The van der Waals surface area contributed by atoms with Crippen molar-refractivity contribution in [2.45, 2.75) is 171 Å². The first kappa shape index (κ1) is 82.6. The Morgan fingerprint density at radius 1 is 0.616 bits per heavy atom. The second-order valence-corrected chi connectivity index (χ2v) is 23.3. The van der Waals surface area contributed by atoms with E-state index in [0.717, 1.165) is 18.7 Å². The summed E-state index contributed by atoms with van der Waals surface area (Å²) in [7, 11) is 0. The zero-order valence-electron chi connectivity index (χ0n) is 55.0. The van der Waals surface area contributed by atoms with Gasteiger partial charge in [0.25, 0.3) is 0 Å². The molecule has 14 amide bonds. The number of carbonyl (C=O) groups is 16. The zero-order valence-corrected chi connectivity index (χ0v) is 55.0. The lowest BCUT2D eigenvalue weighted by atomic mass is 9.98. The van der Waals surface area contributed by atoms with Crippen molar-refractivity contribution in [3.8, 4) is 0 Å². The molecule has 0 unspecified atom stereocenters. The number of aromatic nitrogens is 1. The molecule has 2 heterocycles. The van der Waals surface area contributed by atoms with Crippen LogP contribution in [-0.2, 0) is 83.1 Å². The molecule has 3 rings (SSSR count). The number of nitrogens with two attached hydrogens (primary N) is 5. The maximum absolute atomic E-state index is 14.8. The Bertz CT molecular complexity index is 3270. The molecule has 0 saturated carbocycles. The Kier molecular flexibility index (Phi) is 34.1. The van der Waals surface area contributed by atoms with Gasteiger partial charge in [0.15, 0.2) is 5.96 Å². The van der Waals surface area contributed by atoms with Gasteiger partial charge in [-0.15, -0.1) is 0 Å². The number of aliphatic hydroxyl groups is 3. The third kappa shape index (κ3) is 27.1. The highest BCUT2D eigenvalue weighted by Crippen LogP contribution is 2.24. The lowest BCUT2D eigenvalue weighted by Crippen LogP contribution is -2.61. The van der Waals surface area contributed by atoms with E-state index in [1.165, 1.54) is 0 Å². The zero-order chi connectivity index (χ0) is 74.4. The van der Waals surface area contributed by atoms with Crippen LogP contribution in [0.15, 0.2) is 35.5 Å². The Balaban J connectivity index is 1.85. The van der Waals surface area contributed by atoms with E-state index in [0.29, 0.717) is 22.9 Å². The summed E-state index contributed by atoms with van der Waals surface area (Å²) in [5, 5.41) is 75.9. The van der Waals surface area contributed by atoms with Gasteiger partial charge in [-0.3, -0.25) is 76.9 Å². The number of aliphatic carboxylic acids is 2. The van der Waals surface area contributed by atoms with Crippen molar-refractivity contribution in [2.75, 3.05) is 39.4 Å². The van der Waals surface area contributed by atoms with Crippen LogP contribution in [0.4, 0.5) is 0 Å². The number of primary amides is 2. The first-order chi connectivity index (χ1) is 46.7. The summed E-state index contributed by atoms with van der Waals surface area (Å²) in [5.74, 6) is -18.6. The third-order valence-electron chi connectivity index (χ3n) is 15.6. The van der Waals surface area contributed by atoms with Crippen LogP contribution >= 0.6 is 0 Å². The van der Waals surface area contributed by atoms with E-state index >= 15 is 0 Å². The van der Waals surface area contributed by atoms with Gasteiger partial charge in [-0.25, -0.2) is 4.79 Å². The molecule has 1 aromatic carbocycles. The Hall–Kier alpha value is -10.6. The number of hydrogen-bond donors (Lipinski definition) is 22. The molecule has 1 fully saturated rings. The molecule has 0 radical (unpaired) electrons. The molecule has 99 heavy (non-hydrogen) atoms. The van der Waals surface area contributed by atoms with Crippen LogP contribution in [0.3, 0.4) is 0 Å². The van der Waals surface area contributed by atoms with Crippen molar-refractivity contribution in [1.82, 2.24) is 68.4 Å². The van der Waals surface area contributed by atoms with Gasteiger partial charge in [0.2, 0.25) is 82.7 Å². The monoisotopic (exact) mass is 1400 g/mol. The number of guanidine groups is 1. The summed E-state index contributed by atoms with van der Waals surface area (Å²) in [6, 6.07) is -11.3. The quantitative estimate of drug-likeness (QED) is 0.0167. The standard InChI is InChI=1S/C59H91N19O21/c1-5-27(2)46(58(98)99)77-51(91)34(14-16-41(61)82)70-53(93)39(26-80)75-55(95)40-13-9-19-78(40)57(97)37(20-30-23-66-32-11-7-6-10-31(30)32)73-54(94)38(25-79)74-52(92)36(21-42(62)83)72-50(90)33(12-8-18-65-59(63)64)69-44(85)24-67-48(88)28(3)68-49(89)35(15-17-45(86)87)71-56(96)47(29(4)81)76-43(84)22-60/h6-7,10-11,23,27-29,33-40,46-47,66,79-81H,5,8-9,12-22,24-26,60H2,1-4H3,(H2,61,82)(H2,62,83)(H,67,88)(H,68,89)(H,69,85)(H,70,93)(H,71,96)(H,72,90)(H,73,94)(H,74,92)(H,75,95)(H,76,84)(H,77,91)(H,86,87)(H,98,99)(H4,63,64,65)/t27-,28-,29+,33-,34-,35-,36-,37-,38-,39-,40-,46-,47-/m0/s1. The largest absolute Gasteiger partial charge is 0.481 e. The van der Waals surface area contributed by atoms with Crippen molar-refractivity contribution in [1.29, 1.82) is 0 Å². The molecule has 40 nitrogen and oxygen atoms in total. The number of fused-ring (bicyclic) bond motifs is 1. The third-order valence-corrected chi connectivity index (χ3v) is 15.6. The van der Waals surface area contributed by atoms with Crippen LogP contribution < -0.4 is 87.2 Å². The first-order valence-corrected chi connectivity index (χ1v) is 31.5. The molecule has 1 aliphatic rings. The number of para-hydroxylation sites is 1. The van der Waals surface area contributed by atoms with Crippen molar-refractivity contribution in [2.24, 2.45) is 39.6 Å². The van der Waals surface area contributed by atoms with Gasteiger partial charge >= 0.3 is 11.9 Å². The maximum atomic E-state index is 14.8. The number of rotatable bonds is 43. The SMILES string of the molecule is CC[C@H](C)[C@H](NC(=O)[C@H](CCC(N)=O)NC(=O)[C@H](CO)NC(=O)[C@@H]1CCCN1C(=O)[C@H](Cc1c[nH]c2ccccc12)NC(=O)[C@H](CO)NC(=O)[C@H](CC(N)=O)NC(=O)[C@H](CCCN=C(N)N)NC(=O)CNC(=O)[C@H](C)NC(=O)[C@H](CCC(=O)O)NC(=O)[C@@H](NC(=O)CN)[C@@H](C)O)C(=O)O. The topological polar surface area (TPSA) is 668 Å². The van der Waals surface area contributed by atoms with Crippen LogP contribution in [0.2, 0.25) is 0 Å². The Morgan fingerprint density at radius 3 is 1.74 bits per heavy atom. The number of aliphatic imine (C=N–C) groups is 1. The van der Waals surface area contributed by atoms with Gasteiger partial charge < -0.3 is 123 Å². The van der Waals surface area contributed by atoms with Crippen molar-refractivity contribution >= 4 is 112 Å². The second kappa shape index (κ2) is 40.8. The van der Waals surface area contributed by atoms with E-state index < -0.39 is 232 Å². The fraction of sp³-hybridized carbons (Fsp3) is 0.576. The Labute approximate surface area is 566 Å². The number of aromatic amines is 1. The number of nitrogens with one attached hydrogen (secondary N) is 12. The van der Waals surface area contributed by atoms with E-state index in [9.17, 15) is 102 Å². The molecule has 548 valence electrons. The van der Waals surface area contributed by atoms with Crippen LogP contribution in [-0.4, -0.2) is 248 Å². The highest BCUT2D eigenvalue weighted by molar-refractivity contribution is 6.01. The van der Waals surface area contributed by atoms with Gasteiger partial charge in [0.1, 0.15) is 66.5 Å². The number of benzene rings is 1. The highest BCUT2D eigenvalue weighted by Gasteiger charge is 2.41. The molecule has 0 spiro atoms. The van der Waals surface area contributed by atoms with Crippen molar-refractivity contribution in [3.63, 3.8) is 0 Å². The summed E-state index contributed by atoms with van der Waals surface area (Å²) in [5.41, 5.74) is 28.0. The van der Waals surface area contributed by atoms with Gasteiger partial charge in [0, 0.05) is 49.5 Å². The van der Waals surface area contributed by atoms with Crippen LogP contribution in [0.25, 0.3) is 10.9 Å². The summed E-state index contributed by atoms with van der Waals surface area (Å²) >= 11 is 0. The van der Waals surface area contributed by atoms with E-state index in [2.05, 4.69) is 68.5 Å².